The third kappa shape index (κ3) is 4.77. The molecule has 2 nitrogen and oxygen atoms in total. The van der Waals surface area contributed by atoms with Crippen molar-refractivity contribution in [1.82, 2.24) is 5.32 Å². The normalized spacial score (nSPS) is 26.3. The Balaban J connectivity index is 1.39. The number of rotatable bonds is 5. The van der Waals surface area contributed by atoms with Gasteiger partial charge in [-0.3, -0.25) is 0 Å². The Bertz CT molecular complexity index is 490. The van der Waals surface area contributed by atoms with Crippen LogP contribution in [0.2, 0.25) is 0 Å². The number of ether oxygens (including phenoxy) is 1. The third-order valence-corrected chi connectivity index (χ3v) is 5.73. The van der Waals surface area contributed by atoms with Crippen molar-refractivity contribution in [3.63, 3.8) is 0 Å². The summed E-state index contributed by atoms with van der Waals surface area (Å²) < 4.78 is 18.7. The van der Waals surface area contributed by atoms with E-state index in [1.807, 2.05) is 13.0 Å². The van der Waals surface area contributed by atoms with Gasteiger partial charge in [-0.25, -0.2) is 4.39 Å². The zero-order valence-corrected chi connectivity index (χ0v) is 14.3. The minimum atomic E-state index is -0.112. The first-order valence-corrected chi connectivity index (χ1v) is 9.29. The van der Waals surface area contributed by atoms with Crippen LogP contribution >= 0.6 is 0 Å². The average Bonchev–Trinajstić information content (AvgIpc) is 2.57. The molecule has 1 aromatic rings. The fourth-order valence-corrected chi connectivity index (χ4v) is 4.25. The number of benzene rings is 1. The van der Waals surface area contributed by atoms with Gasteiger partial charge in [-0.2, -0.15) is 0 Å². The molecule has 1 aliphatic carbocycles. The lowest BCUT2D eigenvalue weighted by molar-refractivity contribution is 0.0775. The molecule has 3 rings (SSSR count). The first kappa shape index (κ1) is 16.9. The number of hydrogen-bond acceptors (Lipinski definition) is 2. The molecule has 23 heavy (non-hydrogen) atoms. The van der Waals surface area contributed by atoms with Crippen molar-refractivity contribution < 1.29 is 9.13 Å². The molecule has 0 atom stereocenters. The summed E-state index contributed by atoms with van der Waals surface area (Å²) in [5.74, 6) is 1.38. The SMILES string of the molecule is Cc1cc(F)ccc1[C@H]1CC[C@@H](CCNC2CCOCC2)CC1. The second kappa shape index (κ2) is 8.25. The molecule has 0 radical (unpaired) electrons. The van der Waals surface area contributed by atoms with Crippen molar-refractivity contribution in [1.29, 1.82) is 0 Å². The molecular weight excluding hydrogens is 289 g/mol. The fraction of sp³-hybridized carbons (Fsp3) is 0.700. The number of hydrogen-bond donors (Lipinski definition) is 1. The standard InChI is InChI=1S/C20H30FNO/c1-15-14-18(21)6-7-20(15)17-4-2-16(3-5-17)8-11-22-19-9-12-23-13-10-19/h6-7,14,16-17,19,22H,2-5,8-13H2,1H3/t16-,17+. The predicted octanol–water partition coefficient (Wildman–Crippen LogP) is 4.57. The Morgan fingerprint density at radius 3 is 2.52 bits per heavy atom. The van der Waals surface area contributed by atoms with Gasteiger partial charge in [-0.05, 0) is 93.5 Å². The minimum Gasteiger partial charge on any atom is -0.381 e. The van der Waals surface area contributed by atoms with Gasteiger partial charge >= 0.3 is 0 Å². The van der Waals surface area contributed by atoms with Crippen LogP contribution in [-0.4, -0.2) is 25.8 Å². The highest BCUT2D eigenvalue weighted by Crippen LogP contribution is 2.38. The second-order valence-corrected chi connectivity index (χ2v) is 7.35. The van der Waals surface area contributed by atoms with E-state index in [0.29, 0.717) is 12.0 Å². The maximum Gasteiger partial charge on any atom is 0.123 e. The zero-order chi connectivity index (χ0) is 16.1. The minimum absolute atomic E-state index is 0.112. The second-order valence-electron chi connectivity index (χ2n) is 7.35. The molecule has 0 amide bonds. The van der Waals surface area contributed by atoms with E-state index in [0.717, 1.165) is 44.1 Å². The first-order chi connectivity index (χ1) is 11.2. The largest absolute Gasteiger partial charge is 0.381 e. The molecule has 1 saturated heterocycles. The highest BCUT2D eigenvalue weighted by atomic mass is 19.1. The van der Waals surface area contributed by atoms with Gasteiger partial charge in [0.1, 0.15) is 5.82 Å². The van der Waals surface area contributed by atoms with Crippen molar-refractivity contribution in [3.8, 4) is 0 Å². The molecule has 1 aliphatic heterocycles. The van der Waals surface area contributed by atoms with Crippen molar-refractivity contribution >= 4 is 0 Å². The molecule has 0 aromatic heterocycles. The molecule has 2 fully saturated rings. The predicted molar refractivity (Wildman–Crippen MR) is 92.3 cm³/mol. The molecule has 2 aliphatic rings. The lowest BCUT2D eigenvalue weighted by atomic mass is 9.76. The maximum atomic E-state index is 13.3. The van der Waals surface area contributed by atoms with Gasteiger partial charge in [0.25, 0.3) is 0 Å². The topological polar surface area (TPSA) is 21.3 Å². The molecule has 1 aromatic carbocycles. The maximum absolute atomic E-state index is 13.3. The van der Waals surface area contributed by atoms with Crippen LogP contribution in [0, 0.1) is 18.7 Å². The van der Waals surface area contributed by atoms with Crippen molar-refractivity contribution in [2.75, 3.05) is 19.8 Å². The van der Waals surface area contributed by atoms with Crippen LogP contribution in [0.5, 0.6) is 0 Å². The summed E-state index contributed by atoms with van der Waals surface area (Å²) in [6.45, 7) is 5.03. The Morgan fingerprint density at radius 2 is 1.83 bits per heavy atom. The quantitative estimate of drug-likeness (QED) is 0.858. The Labute approximate surface area is 139 Å². The van der Waals surface area contributed by atoms with Crippen LogP contribution in [0.4, 0.5) is 4.39 Å². The highest BCUT2D eigenvalue weighted by Gasteiger charge is 2.23. The van der Waals surface area contributed by atoms with Crippen LogP contribution in [0.3, 0.4) is 0 Å². The average molecular weight is 319 g/mol. The van der Waals surface area contributed by atoms with Gasteiger partial charge in [-0.15, -0.1) is 0 Å². The summed E-state index contributed by atoms with van der Waals surface area (Å²) >= 11 is 0. The number of halogens is 1. The molecule has 1 N–H and O–H groups in total. The van der Waals surface area contributed by atoms with Crippen molar-refractivity contribution in [3.05, 3.63) is 35.1 Å². The molecule has 0 spiro atoms. The van der Waals surface area contributed by atoms with E-state index in [9.17, 15) is 4.39 Å². The summed E-state index contributed by atoms with van der Waals surface area (Å²) in [4.78, 5) is 0. The van der Waals surface area contributed by atoms with Crippen LogP contribution in [-0.2, 0) is 4.74 Å². The van der Waals surface area contributed by atoms with Gasteiger partial charge in [-0.1, -0.05) is 6.07 Å². The molecule has 3 heteroatoms. The van der Waals surface area contributed by atoms with Crippen LogP contribution in [0.15, 0.2) is 18.2 Å². The van der Waals surface area contributed by atoms with E-state index in [2.05, 4.69) is 5.32 Å². The van der Waals surface area contributed by atoms with Crippen LogP contribution in [0.1, 0.15) is 62.0 Å². The van der Waals surface area contributed by atoms with Gasteiger partial charge < -0.3 is 10.1 Å². The lowest BCUT2D eigenvalue weighted by Crippen LogP contribution is -2.36. The van der Waals surface area contributed by atoms with Gasteiger partial charge in [0.15, 0.2) is 0 Å². The lowest BCUT2D eigenvalue weighted by Gasteiger charge is -2.30. The van der Waals surface area contributed by atoms with E-state index in [1.165, 1.54) is 37.7 Å². The molecule has 128 valence electrons. The van der Waals surface area contributed by atoms with Crippen molar-refractivity contribution in [2.24, 2.45) is 5.92 Å². The summed E-state index contributed by atoms with van der Waals surface area (Å²) in [7, 11) is 0. The first-order valence-electron chi connectivity index (χ1n) is 9.29. The van der Waals surface area contributed by atoms with E-state index in [-0.39, 0.29) is 5.82 Å². The van der Waals surface area contributed by atoms with E-state index in [1.54, 1.807) is 12.1 Å². The Hall–Kier alpha value is -0.930. The summed E-state index contributed by atoms with van der Waals surface area (Å²) in [6, 6.07) is 5.97. The molecule has 1 heterocycles. The molecule has 0 unspecified atom stereocenters. The van der Waals surface area contributed by atoms with Crippen LogP contribution in [0.25, 0.3) is 0 Å². The molecule has 1 saturated carbocycles. The number of aryl methyl sites for hydroxylation is 1. The zero-order valence-electron chi connectivity index (χ0n) is 14.3. The van der Waals surface area contributed by atoms with E-state index >= 15 is 0 Å². The fourth-order valence-electron chi connectivity index (χ4n) is 4.25. The van der Waals surface area contributed by atoms with E-state index < -0.39 is 0 Å². The van der Waals surface area contributed by atoms with Gasteiger partial charge in [0.05, 0.1) is 0 Å². The van der Waals surface area contributed by atoms with E-state index in [4.69, 9.17) is 4.74 Å². The molecule has 0 bridgehead atoms. The number of nitrogens with one attached hydrogen (secondary N) is 1. The highest BCUT2D eigenvalue weighted by molar-refractivity contribution is 5.30. The summed E-state index contributed by atoms with van der Waals surface area (Å²) in [5, 5.41) is 3.71. The third-order valence-electron chi connectivity index (χ3n) is 5.73. The summed E-state index contributed by atoms with van der Waals surface area (Å²) in [6.07, 6.45) is 8.77. The van der Waals surface area contributed by atoms with Crippen LogP contribution < -0.4 is 5.32 Å². The van der Waals surface area contributed by atoms with Gasteiger partial charge in [0.2, 0.25) is 0 Å². The Kier molecular flexibility index (Phi) is 6.07. The smallest absolute Gasteiger partial charge is 0.123 e. The molecular formula is C20H30FNO. The van der Waals surface area contributed by atoms with Crippen molar-refractivity contribution in [2.45, 2.75) is 63.8 Å². The Morgan fingerprint density at radius 1 is 1.09 bits per heavy atom. The van der Waals surface area contributed by atoms with Gasteiger partial charge in [0, 0.05) is 19.3 Å². The summed E-state index contributed by atoms with van der Waals surface area (Å²) in [5.41, 5.74) is 2.49. The monoisotopic (exact) mass is 319 g/mol.